The molecule has 0 aliphatic heterocycles. The van der Waals surface area contributed by atoms with Crippen molar-refractivity contribution in [3.05, 3.63) is 11.4 Å². The van der Waals surface area contributed by atoms with E-state index in [9.17, 15) is 9.90 Å². The van der Waals surface area contributed by atoms with E-state index in [1.807, 2.05) is 6.92 Å². The van der Waals surface area contributed by atoms with Gasteiger partial charge < -0.3 is 10.8 Å². The van der Waals surface area contributed by atoms with Crippen molar-refractivity contribution in [3.8, 4) is 5.82 Å². The number of nitrogens with zero attached hydrogens (tertiary/aromatic N) is 6. The van der Waals surface area contributed by atoms with E-state index in [1.165, 1.54) is 4.68 Å². The quantitative estimate of drug-likeness (QED) is 0.716. The van der Waals surface area contributed by atoms with Crippen molar-refractivity contribution in [2.24, 2.45) is 0 Å². The monoisotopic (exact) mass is 309 g/mol. The molecule has 0 radical (unpaired) electrons. The Morgan fingerprint density at radius 2 is 2.18 bits per heavy atom. The van der Waals surface area contributed by atoms with Gasteiger partial charge in [0.1, 0.15) is 0 Å². The summed E-state index contributed by atoms with van der Waals surface area (Å²) in [5, 5.41) is 23.9. The van der Waals surface area contributed by atoms with Gasteiger partial charge in [-0.25, -0.2) is 9.42 Å². The predicted molar refractivity (Wildman–Crippen MR) is 76.4 cm³/mol. The molecule has 2 aromatic rings. The Balaban J connectivity index is 2.36. The third kappa shape index (κ3) is 3.22. The number of carboxylic acid groups (broad SMARTS) is 1. The summed E-state index contributed by atoms with van der Waals surface area (Å²) in [6, 6.07) is 0. The molecule has 0 saturated carbocycles. The number of nitrogens with two attached hydrogens (primary N) is 1. The summed E-state index contributed by atoms with van der Waals surface area (Å²) in [7, 11) is 0. The minimum absolute atomic E-state index is 0.0275. The van der Waals surface area contributed by atoms with Crippen LogP contribution < -0.4 is 5.73 Å². The fourth-order valence-electron chi connectivity index (χ4n) is 2.06. The average molecular weight is 309 g/mol. The lowest BCUT2D eigenvalue weighted by atomic mass is 10.2. The summed E-state index contributed by atoms with van der Waals surface area (Å²) in [5.74, 6) is -0.982. The Morgan fingerprint density at radius 3 is 2.73 bits per heavy atom. The molecule has 3 N–H and O–H groups in total. The molecule has 0 aliphatic rings. The predicted octanol–water partition coefficient (Wildman–Crippen LogP) is 0.553. The number of carboxylic acids is 1. The van der Waals surface area contributed by atoms with Gasteiger partial charge in [-0.3, -0.25) is 4.90 Å². The van der Waals surface area contributed by atoms with Gasteiger partial charge in [-0.05, 0) is 29.8 Å². The Bertz CT molecular complexity index is 636. The number of aromatic carboxylic acids is 1. The lowest BCUT2D eigenvalue weighted by Gasteiger charge is -2.20. The Kier molecular flexibility index (Phi) is 5.04. The Hall–Kier alpha value is -2.49. The van der Waals surface area contributed by atoms with Gasteiger partial charge in [-0.1, -0.05) is 25.5 Å². The van der Waals surface area contributed by atoms with Crippen LogP contribution in [0.5, 0.6) is 0 Å². The molecule has 0 amide bonds. The van der Waals surface area contributed by atoms with Crippen molar-refractivity contribution in [2.45, 2.75) is 33.2 Å². The van der Waals surface area contributed by atoms with E-state index in [1.54, 1.807) is 0 Å². The summed E-state index contributed by atoms with van der Waals surface area (Å²) in [4.78, 5) is 13.5. The summed E-state index contributed by atoms with van der Waals surface area (Å²) in [6.07, 6.45) is 2.07. The van der Waals surface area contributed by atoms with Crippen LogP contribution in [0.1, 0.15) is 42.9 Å². The summed E-state index contributed by atoms with van der Waals surface area (Å²) >= 11 is 0. The van der Waals surface area contributed by atoms with Crippen LogP contribution in [0.25, 0.3) is 5.82 Å². The third-order valence-electron chi connectivity index (χ3n) is 3.31. The molecule has 0 aliphatic carbocycles. The van der Waals surface area contributed by atoms with Crippen LogP contribution in [0, 0.1) is 0 Å². The lowest BCUT2D eigenvalue weighted by Crippen LogP contribution is -2.26. The SMILES string of the molecule is CCCCN(CC)Cc1c(C(=O)O)nnn1-c1nonc1N. The van der Waals surface area contributed by atoms with Gasteiger partial charge >= 0.3 is 5.97 Å². The van der Waals surface area contributed by atoms with Crippen molar-refractivity contribution in [2.75, 3.05) is 18.8 Å². The van der Waals surface area contributed by atoms with Crippen LogP contribution in [0.15, 0.2) is 4.63 Å². The van der Waals surface area contributed by atoms with Crippen molar-refractivity contribution in [1.29, 1.82) is 0 Å². The van der Waals surface area contributed by atoms with Gasteiger partial charge in [0, 0.05) is 6.54 Å². The highest BCUT2D eigenvalue weighted by Crippen LogP contribution is 2.17. The minimum atomic E-state index is -1.15. The maximum atomic E-state index is 11.3. The molecule has 22 heavy (non-hydrogen) atoms. The number of unbranched alkanes of at least 4 members (excludes halogenated alkanes) is 1. The van der Waals surface area contributed by atoms with Gasteiger partial charge in [0.15, 0.2) is 5.69 Å². The number of nitrogen functional groups attached to an aromatic ring is 1. The minimum Gasteiger partial charge on any atom is -0.476 e. The number of aromatic nitrogens is 5. The van der Waals surface area contributed by atoms with E-state index in [2.05, 4.69) is 37.1 Å². The number of anilines is 1. The highest BCUT2D eigenvalue weighted by atomic mass is 16.6. The van der Waals surface area contributed by atoms with Crippen LogP contribution in [-0.2, 0) is 6.54 Å². The molecule has 0 bridgehead atoms. The molecule has 0 spiro atoms. The van der Waals surface area contributed by atoms with E-state index >= 15 is 0 Å². The van der Waals surface area contributed by atoms with Gasteiger partial charge in [-0.2, -0.15) is 4.68 Å². The van der Waals surface area contributed by atoms with Gasteiger partial charge in [0.2, 0.25) is 11.6 Å². The van der Waals surface area contributed by atoms with E-state index < -0.39 is 5.97 Å². The molecule has 0 saturated heterocycles. The molecule has 10 heteroatoms. The van der Waals surface area contributed by atoms with E-state index in [0.29, 0.717) is 12.2 Å². The second-order valence-electron chi connectivity index (χ2n) is 4.80. The first-order valence-corrected chi connectivity index (χ1v) is 7.07. The van der Waals surface area contributed by atoms with Crippen molar-refractivity contribution in [1.82, 2.24) is 30.2 Å². The highest BCUT2D eigenvalue weighted by molar-refractivity contribution is 5.86. The molecule has 0 aromatic carbocycles. The summed E-state index contributed by atoms with van der Waals surface area (Å²) in [5.41, 5.74) is 5.92. The zero-order valence-electron chi connectivity index (χ0n) is 12.6. The van der Waals surface area contributed by atoms with Gasteiger partial charge in [0.25, 0.3) is 0 Å². The number of carbonyl (C=O) groups is 1. The first-order chi connectivity index (χ1) is 10.6. The zero-order chi connectivity index (χ0) is 16.1. The first kappa shape index (κ1) is 15.9. The maximum absolute atomic E-state index is 11.3. The van der Waals surface area contributed by atoms with Gasteiger partial charge in [-0.15, -0.1) is 5.10 Å². The highest BCUT2D eigenvalue weighted by Gasteiger charge is 2.24. The number of rotatable bonds is 8. The average Bonchev–Trinajstić information content (AvgIpc) is 3.09. The second-order valence-corrected chi connectivity index (χ2v) is 4.80. The normalized spacial score (nSPS) is 11.2. The maximum Gasteiger partial charge on any atom is 0.358 e. The van der Waals surface area contributed by atoms with Crippen molar-refractivity contribution in [3.63, 3.8) is 0 Å². The molecule has 2 heterocycles. The molecule has 2 aromatic heterocycles. The third-order valence-corrected chi connectivity index (χ3v) is 3.31. The van der Waals surface area contributed by atoms with E-state index in [4.69, 9.17) is 5.73 Å². The van der Waals surface area contributed by atoms with Crippen molar-refractivity contribution >= 4 is 11.8 Å². The van der Waals surface area contributed by atoms with Gasteiger partial charge in [0.05, 0.1) is 5.69 Å². The van der Waals surface area contributed by atoms with Crippen molar-refractivity contribution < 1.29 is 14.5 Å². The fraction of sp³-hybridized carbons (Fsp3) is 0.583. The zero-order valence-corrected chi connectivity index (χ0v) is 12.6. The topological polar surface area (TPSA) is 136 Å². The van der Waals surface area contributed by atoms with E-state index in [0.717, 1.165) is 25.9 Å². The van der Waals surface area contributed by atoms with Crippen LogP contribution in [-0.4, -0.2) is 54.4 Å². The largest absolute Gasteiger partial charge is 0.476 e. The Labute approximate surface area is 126 Å². The van der Waals surface area contributed by atoms with Crippen LogP contribution >= 0.6 is 0 Å². The molecule has 120 valence electrons. The molecule has 0 fully saturated rings. The standard InChI is InChI=1S/C12H19N7O3/c1-3-5-6-18(4-2)7-8-9(12(20)21)14-17-19(8)11-10(13)15-22-16-11/h3-7H2,1-2H3,(H2,13,15)(H,20,21). The molecule has 0 unspecified atom stereocenters. The molecule has 0 atom stereocenters. The van der Waals surface area contributed by atoms with Crippen LogP contribution in [0.4, 0.5) is 5.82 Å². The van der Waals surface area contributed by atoms with E-state index in [-0.39, 0.29) is 17.3 Å². The van der Waals surface area contributed by atoms with Crippen LogP contribution in [0.3, 0.4) is 0 Å². The fourth-order valence-corrected chi connectivity index (χ4v) is 2.06. The summed E-state index contributed by atoms with van der Waals surface area (Å²) < 4.78 is 5.81. The lowest BCUT2D eigenvalue weighted by molar-refractivity contribution is 0.0687. The number of hydrogen-bond acceptors (Lipinski definition) is 8. The summed E-state index contributed by atoms with van der Waals surface area (Å²) in [6.45, 7) is 6.11. The molecular weight excluding hydrogens is 290 g/mol. The molecule has 2 rings (SSSR count). The molecular formula is C12H19N7O3. The number of hydrogen-bond donors (Lipinski definition) is 2. The first-order valence-electron chi connectivity index (χ1n) is 7.07. The molecule has 10 nitrogen and oxygen atoms in total. The van der Waals surface area contributed by atoms with Crippen LogP contribution in [0.2, 0.25) is 0 Å². The second kappa shape index (κ2) is 6.98. The smallest absolute Gasteiger partial charge is 0.358 e. The Morgan fingerprint density at radius 1 is 1.41 bits per heavy atom.